The average Bonchev–Trinajstić information content (AvgIpc) is 3.21. The molecule has 0 aliphatic heterocycles. The van der Waals surface area contributed by atoms with Crippen molar-refractivity contribution >= 4 is 5.91 Å². The molecule has 0 radical (unpaired) electrons. The van der Waals surface area contributed by atoms with Gasteiger partial charge in [0.2, 0.25) is 0 Å². The second-order valence-electron chi connectivity index (χ2n) is 6.97. The molecule has 5 heteroatoms. The van der Waals surface area contributed by atoms with Gasteiger partial charge in [0.15, 0.2) is 0 Å². The first-order chi connectivity index (χ1) is 10.6. The highest BCUT2D eigenvalue weighted by molar-refractivity contribution is 5.94. The molecule has 0 aromatic carbocycles. The van der Waals surface area contributed by atoms with Gasteiger partial charge >= 0.3 is 0 Å². The number of hydrogen-bond acceptors (Lipinski definition) is 3. The van der Waals surface area contributed by atoms with Crippen LogP contribution in [0.4, 0.5) is 0 Å². The second-order valence-corrected chi connectivity index (χ2v) is 6.97. The summed E-state index contributed by atoms with van der Waals surface area (Å²) in [7, 11) is 1.83. The van der Waals surface area contributed by atoms with Crippen molar-refractivity contribution < 1.29 is 9.90 Å². The van der Waals surface area contributed by atoms with Gasteiger partial charge in [0.1, 0.15) is 0 Å². The first kappa shape index (κ1) is 15.5. The normalized spacial score (nSPS) is 25.8. The maximum absolute atomic E-state index is 12.7. The van der Waals surface area contributed by atoms with Gasteiger partial charge in [-0.3, -0.25) is 9.48 Å². The predicted molar refractivity (Wildman–Crippen MR) is 84.8 cm³/mol. The number of aliphatic hydroxyl groups excluding tert-OH is 1. The Hall–Kier alpha value is -1.36. The zero-order chi connectivity index (χ0) is 15.7. The summed E-state index contributed by atoms with van der Waals surface area (Å²) in [5.41, 5.74) is 1.69. The van der Waals surface area contributed by atoms with E-state index < -0.39 is 0 Å². The molecule has 1 aromatic rings. The van der Waals surface area contributed by atoms with E-state index >= 15 is 0 Å². The van der Waals surface area contributed by atoms with Crippen LogP contribution in [0.1, 0.15) is 67.0 Å². The predicted octanol–water partition coefficient (Wildman–Crippen LogP) is 2.54. The van der Waals surface area contributed by atoms with E-state index in [1.807, 2.05) is 18.7 Å². The fraction of sp³-hybridized carbons (Fsp3) is 0.765. The van der Waals surface area contributed by atoms with E-state index in [0.29, 0.717) is 18.2 Å². The standard InChI is InChI=1S/C17H27N3O2/c1-12-15(10-18-20(12)14-7-3-4-8-14)17(22)19(2)11-13-6-5-9-16(13)21/h10,13-14,16,21H,3-9,11H2,1-2H3. The van der Waals surface area contributed by atoms with E-state index in [2.05, 4.69) is 5.10 Å². The zero-order valence-corrected chi connectivity index (χ0v) is 13.7. The van der Waals surface area contributed by atoms with Crippen LogP contribution in [0.3, 0.4) is 0 Å². The SMILES string of the molecule is Cc1c(C(=O)N(C)CC2CCCC2O)cnn1C1CCCC1. The number of aromatic nitrogens is 2. The van der Waals surface area contributed by atoms with E-state index in [9.17, 15) is 9.90 Å². The molecule has 122 valence electrons. The summed E-state index contributed by atoms with van der Waals surface area (Å²) >= 11 is 0. The molecule has 22 heavy (non-hydrogen) atoms. The summed E-state index contributed by atoms with van der Waals surface area (Å²) in [6.07, 6.45) is 9.26. The van der Waals surface area contributed by atoms with Crippen LogP contribution < -0.4 is 0 Å². The molecule has 1 N–H and O–H groups in total. The molecule has 0 saturated heterocycles. The molecular formula is C17H27N3O2. The van der Waals surface area contributed by atoms with Gasteiger partial charge in [-0.2, -0.15) is 5.10 Å². The van der Waals surface area contributed by atoms with Crippen LogP contribution in [0.5, 0.6) is 0 Å². The van der Waals surface area contributed by atoms with Gasteiger partial charge in [-0.1, -0.05) is 19.3 Å². The van der Waals surface area contributed by atoms with E-state index in [0.717, 1.165) is 25.0 Å². The fourth-order valence-corrected chi connectivity index (χ4v) is 4.02. The second kappa shape index (κ2) is 6.41. The van der Waals surface area contributed by atoms with Crippen molar-refractivity contribution in [3.63, 3.8) is 0 Å². The lowest BCUT2D eigenvalue weighted by atomic mass is 10.1. The molecule has 5 nitrogen and oxygen atoms in total. The first-order valence-electron chi connectivity index (χ1n) is 8.55. The highest BCUT2D eigenvalue weighted by Crippen LogP contribution is 2.31. The lowest BCUT2D eigenvalue weighted by molar-refractivity contribution is 0.0692. The quantitative estimate of drug-likeness (QED) is 0.930. The maximum Gasteiger partial charge on any atom is 0.257 e. The third-order valence-corrected chi connectivity index (χ3v) is 5.42. The molecule has 3 rings (SSSR count). The van der Waals surface area contributed by atoms with Crippen molar-refractivity contribution in [1.82, 2.24) is 14.7 Å². The third-order valence-electron chi connectivity index (χ3n) is 5.42. The van der Waals surface area contributed by atoms with Crippen molar-refractivity contribution in [3.05, 3.63) is 17.5 Å². The Labute approximate surface area is 132 Å². The summed E-state index contributed by atoms with van der Waals surface area (Å²) in [5.74, 6) is 0.250. The first-order valence-corrected chi connectivity index (χ1v) is 8.55. The van der Waals surface area contributed by atoms with Crippen LogP contribution in [-0.2, 0) is 0 Å². The van der Waals surface area contributed by atoms with Gasteiger partial charge in [-0.05, 0) is 32.6 Å². The van der Waals surface area contributed by atoms with E-state index in [1.54, 1.807) is 11.1 Å². The number of aliphatic hydroxyl groups is 1. The molecule has 1 amide bonds. The number of hydrogen-bond donors (Lipinski definition) is 1. The van der Waals surface area contributed by atoms with Gasteiger partial charge in [-0.15, -0.1) is 0 Å². The summed E-state index contributed by atoms with van der Waals surface area (Å²) < 4.78 is 2.04. The molecule has 2 fully saturated rings. The van der Waals surface area contributed by atoms with Crippen LogP contribution in [0.2, 0.25) is 0 Å². The summed E-state index contributed by atoms with van der Waals surface area (Å²) in [6, 6.07) is 0.462. The van der Waals surface area contributed by atoms with Crippen molar-refractivity contribution in [3.8, 4) is 0 Å². The highest BCUT2D eigenvalue weighted by atomic mass is 16.3. The lowest BCUT2D eigenvalue weighted by Crippen LogP contribution is -2.34. The lowest BCUT2D eigenvalue weighted by Gasteiger charge is -2.23. The third kappa shape index (κ3) is 2.91. The highest BCUT2D eigenvalue weighted by Gasteiger charge is 2.29. The largest absolute Gasteiger partial charge is 0.393 e. The number of amides is 1. The van der Waals surface area contributed by atoms with Crippen LogP contribution in [0, 0.1) is 12.8 Å². The Kier molecular flexibility index (Phi) is 4.52. The Bertz CT molecular complexity index is 534. The molecule has 2 aliphatic carbocycles. The van der Waals surface area contributed by atoms with Crippen molar-refractivity contribution in [2.24, 2.45) is 5.92 Å². The minimum Gasteiger partial charge on any atom is -0.393 e. The molecule has 1 aromatic heterocycles. The molecule has 2 saturated carbocycles. The number of carbonyl (C=O) groups excluding carboxylic acids is 1. The molecule has 2 atom stereocenters. The number of nitrogens with zero attached hydrogens (tertiary/aromatic N) is 3. The van der Waals surface area contributed by atoms with Crippen LogP contribution in [0.15, 0.2) is 6.20 Å². The molecule has 2 aliphatic rings. The Morgan fingerprint density at radius 2 is 2.05 bits per heavy atom. The monoisotopic (exact) mass is 305 g/mol. The Morgan fingerprint density at radius 3 is 2.68 bits per heavy atom. The van der Waals surface area contributed by atoms with E-state index in [1.165, 1.54) is 25.7 Å². The number of rotatable bonds is 4. The summed E-state index contributed by atoms with van der Waals surface area (Å²) in [5, 5.41) is 14.4. The summed E-state index contributed by atoms with van der Waals surface area (Å²) in [6.45, 7) is 2.63. The Morgan fingerprint density at radius 1 is 1.32 bits per heavy atom. The van der Waals surface area contributed by atoms with Gasteiger partial charge in [-0.25, -0.2) is 0 Å². The molecule has 2 unspecified atom stereocenters. The van der Waals surface area contributed by atoms with Crippen molar-refractivity contribution in [2.45, 2.75) is 64.0 Å². The Balaban J connectivity index is 1.69. The minimum atomic E-state index is -0.252. The summed E-state index contributed by atoms with van der Waals surface area (Å²) in [4.78, 5) is 14.4. The van der Waals surface area contributed by atoms with Crippen molar-refractivity contribution in [1.29, 1.82) is 0 Å². The topological polar surface area (TPSA) is 58.4 Å². The molecule has 1 heterocycles. The maximum atomic E-state index is 12.7. The molecule has 0 spiro atoms. The fourth-order valence-electron chi connectivity index (χ4n) is 4.02. The van der Waals surface area contributed by atoms with Crippen molar-refractivity contribution in [2.75, 3.05) is 13.6 Å². The zero-order valence-electron chi connectivity index (χ0n) is 13.7. The number of carbonyl (C=O) groups is 1. The van der Waals surface area contributed by atoms with Crippen LogP contribution >= 0.6 is 0 Å². The van der Waals surface area contributed by atoms with Gasteiger partial charge in [0, 0.05) is 25.2 Å². The molecular weight excluding hydrogens is 278 g/mol. The average molecular weight is 305 g/mol. The van der Waals surface area contributed by atoms with Gasteiger partial charge in [0.25, 0.3) is 5.91 Å². The van der Waals surface area contributed by atoms with Gasteiger partial charge in [0.05, 0.1) is 23.9 Å². The minimum absolute atomic E-state index is 0.0286. The van der Waals surface area contributed by atoms with Crippen LogP contribution in [0.25, 0.3) is 0 Å². The molecule has 0 bridgehead atoms. The smallest absolute Gasteiger partial charge is 0.257 e. The van der Waals surface area contributed by atoms with Crippen LogP contribution in [-0.4, -0.2) is 45.4 Å². The van der Waals surface area contributed by atoms with E-state index in [4.69, 9.17) is 0 Å². The van der Waals surface area contributed by atoms with E-state index in [-0.39, 0.29) is 17.9 Å². The van der Waals surface area contributed by atoms with Gasteiger partial charge < -0.3 is 10.0 Å².